The predicted octanol–water partition coefficient (Wildman–Crippen LogP) is -27.6. The summed E-state index contributed by atoms with van der Waals surface area (Å²) < 4.78 is 2.57. The molecular weight excluding hydrogens is 338 g/mol. The topological polar surface area (TPSA) is 211 Å². The Labute approximate surface area is 233 Å². The molecule has 0 aromatic heterocycles. The second kappa shape index (κ2) is 26.9. The zero-order valence-corrected chi connectivity index (χ0v) is 24.9. The Hall–Kier alpha value is 6.07. The van der Waals surface area contributed by atoms with Gasteiger partial charge in [-0.15, -0.1) is 18.1 Å². The summed E-state index contributed by atoms with van der Waals surface area (Å²) in [6.07, 6.45) is 0. The van der Waals surface area contributed by atoms with Crippen molar-refractivity contribution in [2.45, 2.75) is 0 Å². The molecule has 0 saturated carbocycles. The fraction of sp³-hybridized carbons (Fsp3) is 0. The fourth-order valence-electron chi connectivity index (χ4n) is 0.153. The van der Waals surface area contributed by atoms with Gasteiger partial charge in [0.1, 0.15) is 0 Å². The molecule has 0 bridgehead atoms. The van der Waals surface area contributed by atoms with Gasteiger partial charge in [-0.2, -0.15) is 0 Å². The Bertz CT molecular complexity index is 88.6. The molecule has 4 N–H and O–H groups in total. The maximum absolute atomic E-state index is 9.36. The minimum absolute atomic E-state index is 0. The quantitative estimate of drug-likeness (QED) is 0.441. The molecule has 17 heteroatoms. The van der Waals surface area contributed by atoms with E-state index >= 15 is 0 Å². The van der Waals surface area contributed by atoms with E-state index in [-0.39, 0.29) is 188 Å². The smallest absolute Gasteiger partial charge is 0.862 e. The first-order valence-electron chi connectivity index (χ1n) is 1.63. The molecule has 0 amide bonds. The van der Waals surface area contributed by atoms with Crippen LogP contribution >= 0.6 is 0 Å². The molecule has 72 valence electrons. The van der Waals surface area contributed by atoms with Gasteiger partial charge in [-0.05, 0) is 0 Å². The van der Waals surface area contributed by atoms with Gasteiger partial charge in [0.2, 0.25) is 0 Å². The molecule has 0 radical (unpaired) electrons. The zero-order valence-electron chi connectivity index (χ0n) is 10.9. The van der Waals surface area contributed by atoms with Crippen molar-refractivity contribution in [3.63, 3.8) is 0 Å². The van der Waals surface area contributed by atoms with Gasteiger partial charge in [-0.25, -0.2) is 0 Å². The van der Waals surface area contributed by atoms with Crippen LogP contribution in [0.4, 0.5) is 0 Å². The molecule has 0 aromatic rings. The van der Waals surface area contributed by atoms with Crippen molar-refractivity contribution in [1.29, 1.82) is 0 Å². The summed E-state index contributed by atoms with van der Waals surface area (Å²) in [7, 11) is -11.8. The minimum atomic E-state index is -5.92. The van der Waals surface area contributed by atoms with Crippen LogP contribution in [0.15, 0.2) is 0 Å². The van der Waals surface area contributed by atoms with Gasteiger partial charge in [-0.3, -0.25) is 0 Å². The van der Waals surface area contributed by atoms with Crippen molar-refractivity contribution in [2.24, 2.45) is 0 Å². The summed E-state index contributed by atoms with van der Waals surface area (Å²) in [5.41, 5.74) is 0. The molecular formula is H4Na6O9Si2. The number of hydrogen-bond acceptors (Lipinski definition) is 7. The molecule has 9 nitrogen and oxygen atoms in total. The van der Waals surface area contributed by atoms with E-state index < -0.39 is 18.1 Å². The van der Waals surface area contributed by atoms with E-state index in [1.165, 1.54) is 0 Å². The third-order valence-electron chi connectivity index (χ3n) is 0.250. The number of rotatable bonds is 2. The second-order valence-electron chi connectivity index (χ2n) is 1.10. The van der Waals surface area contributed by atoms with E-state index in [9.17, 15) is 28.8 Å². The van der Waals surface area contributed by atoms with Crippen LogP contribution in [0.3, 0.4) is 0 Å². The third kappa shape index (κ3) is 61.0. The van der Waals surface area contributed by atoms with Gasteiger partial charge in [-0.1, -0.05) is 0 Å². The molecule has 17 heavy (non-hydrogen) atoms. The summed E-state index contributed by atoms with van der Waals surface area (Å²) in [5.74, 6) is 0. The molecule has 0 aliphatic rings. The Balaban J connectivity index is -0.0000000114. The van der Waals surface area contributed by atoms with Crippen LogP contribution in [0.2, 0.25) is 0 Å². The maximum Gasteiger partial charge on any atom is 1.00 e. The molecule has 0 aromatic carbocycles. The van der Waals surface area contributed by atoms with Crippen molar-refractivity contribution < 1.29 is 221 Å². The zero-order chi connectivity index (χ0) is 7.71. The first-order valence-corrected chi connectivity index (χ1v) is 4.90. The summed E-state index contributed by atoms with van der Waals surface area (Å²) in [6, 6.07) is 0. The maximum atomic E-state index is 9.36. The van der Waals surface area contributed by atoms with Crippen molar-refractivity contribution in [1.82, 2.24) is 0 Å². The molecule has 0 atom stereocenters. The van der Waals surface area contributed by atoms with E-state index in [2.05, 4.69) is 4.12 Å². The van der Waals surface area contributed by atoms with Crippen LogP contribution in [0.25, 0.3) is 0 Å². The molecule has 0 fully saturated rings. The van der Waals surface area contributed by atoms with Crippen LogP contribution in [0.1, 0.15) is 0 Å². The first-order chi connectivity index (χ1) is 3.71. The monoisotopic (exact) mass is 342 g/mol. The van der Waals surface area contributed by atoms with Crippen molar-refractivity contribution >= 4 is 18.1 Å². The Kier molecular flexibility index (Phi) is 90.0. The standard InChI is InChI=1S/6Na.O7Si2.2H2O/c;;;;;;1-8(2,3)7-9(4,5)6;;/h;;;;;;;2*1H2/q6*+1;-6;;. The van der Waals surface area contributed by atoms with Crippen LogP contribution in [0, 0.1) is 0 Å². The molecule has 0 saturated heterocycles. The molecule has 0 heterocycles. The van der Waals surface area contributed by atoms with Crippen molar-refractivity contribution in [2.75, 3.05) is 0 Å². The van der Waals surface area contributed by atoms with E-state index in [1.807, 2.05) is 0 Å². The van der Waals surface area contributed by atoms with Crippen molar-refractivity contribution in [3.8, 4) is 0 Å². The first kappa shape index (κ1) is 56.8. The SMILES string of the molecule is O.O.[Na+].[Na+].[Na+].[Na+].[Na+].[Na+].[O-][Si]([O-])([O-])O[Si]([O-])([O-])[O-]. The average molecular weight is 342 g/mol. The summed E-state index contributed by atoms with van der Waals surface area (Å²) in [4.78, 5) is 56.2. The van der Waals surface area contributed by atoms with Gasteiger partial charge < -0.3 is 43.8 Å². The van der Waals surface area contributed by atoms with Crippen LogP contribution in [-0.2, 0) is 4.12 Å². The fourth-order valence-corrected chi connectivity index (χ4v) is 1.38. The van der Waals surface area contributed by atoms with Gasteiger partial charge in [0.05, 0.1) is 0 Å². The van der Waals surface area contributed by atoms with Gasteiger partial charge in [0, 0.05) is 0 Å². The van der Waals surface area contributed by atoms with E-state index in [1.54, 1.807) is 0 Å². The molecule has 0 aliphatic carbocycles. The Morgan fingerprint density at radius 1 is 0.471 bits per heavy atom. The minimum Gasteiger partial charge on any atom is -0.862 e. The van der Waals surface area contributed by atoms with Gasteiger partial charge in [0.25, 0.3) is 0 Å². The summed E-state index contributed by atoms with van der Waals surface area (Å²) in [6.45, 7) is 0. The Morgan fingerprint density at radius 2 is 0.588 bits per heavy atom. The number of hydrogen-bond donors (Lipinski definition) is 0. The molecule has 0 aliphatic heterocycles. The van der Waals surface area contributed by atoms with Crippen LogP contribution in [-0.4, -0.2) is 29.0 Å². The third-order valence-corrected chi connectivity index (χ3v) is 2.25. The molecule has 0 spiro atoms. The predicted molar refractivity (Wildman–Crippen MR) is 19.8 cm³/mol. The average Bonchev–Trinajstić information content (AvgIpc) is 1.14. The van der Waals surface area contributed by atoms with Crippen molar-refractivity contribution in [3.05, 3.63) is 0 Å². The largest absolute Gasteiger partial charge is 1.00 e. The van der Waals surface area contributed by atoms with Crippen LogP contribution in [0.5, 0.6) is 0 Å². The molecule has 0 rings (SSSR count). The summed E-state index contributed by atoms with van der Waals surface area (Å²) >= 11 is 0. The van der Waals surface area contributed by atoms with Gasteiger partial charge in [0.15, 0.2) is 0 Å². The van der Waals surface area contributed by atoms with E-state index in [4.69, 9.17) is 0 Å². The van der Waals surface area contributed by atoms with Gasteiger partial charge >= 0.3 is 177 Å². The summed E-state index contributed by atoms with van der Waals surface area (Å²) in [5, 5.41) is 0. The van der Waals surface area contributed by atoms with E-state index in [0.29, 0.717) is 0 Å². The van der Waals surface area contributed by atoms with Crippen LogP contribution < -0.4 is 206 Å². The van der Waals surface area contributed by atoms with E-state index in [0.717, 1.165) is 0 Å². The Morgan fingerprint density at radius 3 is 0.588 bits per heavy atom. The molecule has 0 unspecified atom stereocenters. The normalized spacial score (nSPS) is 7.41. The second-order valence-corrected chi connectivity index (χ2v) is 3.92.